The second-order valence-electron chi connectivity index (χ2n) is 2.83. The van der Waals surface area contributed by atoms with E-state index in [-0.39, 0.29) is 11.7 Å². The van der Waals surface area contributed by atoms with Gasteiger partial charge >= 0.3 is 0 Å². The molecule has 0 aliphatic carbocycles. The van der Waals surface area contributed by atoms with Gasteiger partial charge in [0.1, 0.15) is 5.78 Å². The topological polar surface area (TPSA) is 37.3 Å². The number of aliphatic hydroxyl groups excluding tert-OH is 1. The zero-order valence-electron chi connectivity index (χ0n) is 6.92. The minimum atomic E-state index is -0.485. The zero-order valence-corrected chi connectivity index (χ0v) is 6.92. The number of hydrogen-bond acceptors (Lipinski definition) is 2. The molecule has 0 amide bonds. The number of aliphatic hydroxyl groups is 1. The van der Waals surface area contributed by atoms with Gasteiger partial charge in [0.25, 0.3) is 0 Å². The number of hydrogen-bond donors (Lipinski definition) is 1. The van der Waals surface area contributed by atoms with E-state index < -0.39 is 6.10 Å². The van der Waals surface area contributed by atoms with Crippen LogP contribution >= 0.6 is 0 Å². The van der Waals surface area contributed by atoms with Gasteiger partial charge in [-0.05, 0) is 13.3 Å². The van der Waals surface area contributed by atoms with Crippen LogP contribution in [0.15, 0.2) is 0 Å². The van der Waals surface area contributed by atoms with Crippen LogP contribution in [-0.2, 0) is 4.79 Å². The Hall–Kier alpha value is -0.370. The third-order valence-corrected chi connectivity index (χ3v) is 1.66. The van der Waals surface area contributed by atoms with Gasteiger partial charge in [-0.1, -0.05) is 13.8 Å². The van der Waals surface area contributed by atoms with Gasteiger partial charge in [0, 0.05) is 12.3 Å². The third kappa shape index (κ3) is 3.62. The Labute approximate surface area is 62.2 Å². The highest BCUT2D eigenvalue weighted by Crippen LogP contribution is 2.06. The number of rotatable bonds is 4. The molecule has 2 atom stereocenters. The minimum absolute atomic E-state index is 0.106. The molecular formula is C8H16O2. The van der Waals surface area contributed by atoms with Crippen LogP contribution in [-0.4, -0.2) is 17.0 Å². The molecule has 2 heteroatoms. The van der Waals surface area contributed by atoms with Crippen molar-refractivity contribution < 1.29 is 9.90 Å². The van der Waals surface area contributed by atoms with Crippen molar-refractivity contribution in [1.29, 1.82) is 0 Å². The lowest BCUT2D eigenvalue weighted by molar-refractivity contribution is -0.124. The summed E-state index contributed by atoms with van der Waals surface area (Å²) in [6, 6.07) is 0. The van der Waals surface area contributed by atoms with Gasteiger partial charge in [-0.25, -0.2) is 0 Å². The van der Waals surface area contributed by atoms with E-state index in [4.69, 9.17) is 5.11 Å². The first-order valence-corrected chi connectivity index (χ1v) is 3.78. The fourth-order valence-electron chi connectivity index (χ4n) is 0.720. The van der Waals surface area contributed by atoms with Gasteiger partial charge in [0.2, 0.25) is 0 Å². The van der Waals surface area contributed by atoms with Gasteiger partial charge in [-0.15, -0.1) is 0 Å². The monoisotopic (exact) mass is 144 g/mol. The maximum atomic E-state index is 11.0. The van der Waals surface area contributed by atoms with Crippen LogP contribution in [0, 0.1) is 5.92 Å². The van der Waals surface area contributed by atoms with Crippen LogP contribution in [0.3, 0.4) is 0 Å². The molecule has 0 fully saturated rings. The first kappa shape index (κ1) is 9.63. The third-order valence-electron chi connectivity index (χ3n) is 1.66. The molecule has 1 N–H and O–H groups in total. The molecule has 1 unspecified atom stereocenters. The van der Waals surface area contributed by atoms with Crippen molar-refractivity contribution in [3.05, 3.63) is 0 Å². The van der Waals surface area contributed by atoms with E-state index in [1.165, 1.54) is 0 Å². The Morgan fingerprint density at radius 2 is 2.00 bits per heavy atom. The first-order chi connectivity index (χ1) is 4.57. The highest BCUT2D eigenvalue weighted by atomic mass is 16.3. The van der Waals surface area contributed by atoms with E-state index in [0.717, 1.165) is 6.42 Å². The van der Waals surface area contributed by atoms with E-state index in [9.17, 15) is 4.79 Å². The van der Waals surface area contributed by atoms with Crippen LogP contribution in [0.2, 0.25) is 0 Å². The van der Waals surface area contributed by atoms with Gasteiger partial charge in [-0.3, -0.25) is 4.79 Å². The molecule has 2 nitrogen and oxygen atoms in total. The predicted octanol–water partition coefficient (Wildman–Crippen LogP) is 1.37. The molecule has 0 radical (unpaired) electrons. The zero-order chi connectivity index (χ0) is 8.15. The van der Waals surface area contributed by atoms with Crippen molar-refractivity contribution in [2.24, 2.45) is 5.92 Å². The highest BCUT2D eigenvalue weighted by Gasteiger charge is 2.12. The molecule has 0 aliphatic heterocycles. The summed E-state index contributed by atoms with van der Waals surface area (Å²) in [5.41, 5.74) is 0. The Balaban J connectivity index is 3.62. The Kier molecular flexibility index (Phi) is 4.28. The second-order valence-corrected chi connectivity index (χ2v) is 2.83. The maximum absolute atomic E-state index is 11.0. The Morgan fingerprint density at radius 1 is 1.50 bits per heavy atom. The van der Waals surface area contributed by atoms with Crippen molar-refractivity contribution in [2.45, 2.75) is 39.7 Å². The summed E-state index contributed by atoms with van der Waals surface area (Å²) in [6.45, 7) is 5.51. The average Bonchev–Trinajstić information content (AvgIpc) is 1.85. The summed E-state index contributed by atoms with van der Waals surface area (Å²) in [7, 11) is 0. The molecular weight excluding hydrogens is 128 g/mol. The lowest BCUT2D eigenvalue weighted by atomic mass is 9.99. The molecule has 0 spiro atoms. The highest BCUT2D eigenvalue weighted by molar-refractivity contribution is 5.80. The Morgan fingerprint density at radius 3 is 2.30 bits per heavy atom. The molecule has 0 saturated carbocycles. The maximum Gasteiger partial charge on any atom is 0.138 e. The first-order valence-electron chi connectivity index (χ1n) is 3.78. The molecule has 0 bridgehead atoms. The van der Waals surface area contributed by atoms with E-state index in [1.807, 2.05) is 13.8 Å². The summed E-state index contributed by atoms with van der Waals surface area (Å²) in [5.74, 6) is 0.270. The molecule has 60 valence electrons. The summed E-state index contributed by atoms with van der Waals surface area (Å²) in [6.07, 6.45) is 0.682. The number of ketones is 1. The fourth-order valence-corrected chi connectivity index (χ4v) is 0.720. The van der Waals surface area contributed by atoms with Crippen LogP contribution in [0.25, 0.3) is 0 Å². The summed E-state index contributed by atoms with van der Waals surface area (Å²) in [4.78, 5) is 11.0. The summed E-state index contributed by atoms with van der Waals surface area (Å²) in [5, 5.41) is 8.85. The molecule has 0 aliphatic rings. The molecule has 0 rings (SSSR count). The van der Waals surface area contributed by atoms with Gasteiger partial charge < -0.3 is 5.11 Å². The SMILES string of the molecule is CC[C@H](C)C(=O)CC(C)O. The van der Waals surface area contributed by atoms with Crippen molar-refractivity contribution in [1.82, 2.24) is 0 Å². The van der Waals surface area contributed by atoms with Crippen molar-refractivity contribution in [3.8, 4) is 0 Å². The number of carbonyl (C=O) groups is 1. The van der Waals surface area contributed by atoms with E-state index in [0.29, 0.717) is 6.42 Å². The lowest BCUT2D eigenvalue weighted by Gasteiger charge is -2.07. The molecule has 0 aromatic rings. The van der Waals surface area contributed by atoms with Gasteiger partial charge in [0.05, 0.1) is 6.10 Å². The Bertz CT molecular complexity index is 108. The van der Waals surface area contributed by atoms with Crippen LogP contribution < -0.4 is 0 Å². The van der Waals surface area contributed by atoms with E-state index in [2.05, 4.69) is 0 Å². The molecule has 0 aromatic carbocycles. The molecule has 0 heterocycles. The van der Waals surface area contributed by atoms with Gasteiger partial charge in [-0.2, -0.15) is 0 Å². The normalized spacial score (nSPS) is 16.4. The average molecular weight is 144 g/mol. The van der Waals surface area contributed by atoms with E-state index >= 15 is 0 Å². The molecule has 0 aromatic heterocycles. The van der Waals surface area contributed by atoms with Gasteiger partial charge in [0.15, 0.2) is 0 Å². The standard InChI is InChI=1S/C8H16O2/c1-4-6(2)8(10)5-7(3)9/h6-7,9H,4-5H2,1-3H3/t6-,7?/m0/s1. The van der Waals surface area contributed by atoms with Crippen molar-refractivity contribution >= 4 is 5.78 Å². The van der Waals surface area contributed by atoms with Crippen molar-refractivity contribution in [3.63, 3.8) is 0 Å². The molecule has 10 heavy (non-hydrogen) atoms. The van der Waals surface area contributed by atoms with Crippen molar-refractivity contribution in [2.75, 3.05) is 0 Å². The fraction of sp³-hybridized carbons (Fsp3) is 0.875. The predicted molar refractivity (Wildman–Crippen MR) is 40.8 cm³/mol. The second kappa shape index (κ2) is 4.45. The summed E-state index contributed by atoms with van der Waals surface area (Å²) < 4.78 is 0. The van der Waals surface area contributed by atoms with Crippen LogP contribution in [0.1, 0.15) is 33.6 Å². The van der Waals surface area contributed by atoms with E-state index in [1.54, 1.807) is 6.92 Å². The summed E-state index contributed by atoms with van der Waals surface area (Å²) >= 11 is 0. The minimum Gasteiger partial charge on any atom is -0.393 e. The van der Waals surface area contributed by atoms with Crippen LogP contribution in [0.5, 0.6) is 0 Å². The largest absolute Gasteiger partial charge is 0.393 e. The number of Topliss-reactive ketones (excluding diaryl/α,β-unsaturated/α-hetero) is 1. The smallest absolute Gasteiger partial charge is 0.138 e. The quantitative estimate of drug-likeness (QED) is 0.647. The molecule has 0 saturated heterocycles. The lowest BCUT2D eigenvalue weighted by Crippen LogP contribution is -2.15. The number of carbonyl (C=O) groups excluding carboxylic acids is 1. The van der Waals surface area contributed by atoms with Crippen LogP contribution in [0.4, 0.5) is 0 Å².